The number of amides is 1. The number of nitrogens with one attached hydrogen (secondary N) is 1. The lowest BCUT2D eigenvalue weighted by Gasteiger charge is -2.34. The van der Waals surface area contributed by atoms with E-state index in [4.69, 9.17) is 0 Å². The van der Waals surface area contributed by atoms with Gasteiger partial charge in [-0.3, -0.25) is 19.3 Å². The number of hydrogen-bond donors (Lipinski definition) is 1. The van der Waals surface area contributed by atoms with Gasteiger partial charge < -0.3 is 5.32 Å². The quantitative estimate of drug-likeness (QED) is 0.862. The lowest BCUT2D eigenvalue weighted by molar-refractivity contribution is -0.117. The van der Waals surface area contributed by atoms with E-state index in [1.807, 2.05) is 13.2 Å². The number of aromatic nitrogens is 2. The minimum atomic E-state index is 0.0566. The highest BCUT2D eigenvalue weighted by Gasteiger charge is 2.32. The van der Waals surface area contributed by atoms with E-state index in [0.29, 0.717) is 18.5 Å². The SMILES string of the molecule is CC(C)C1CN(CC(=O)Nc2cnn(C)c2)CCCN1CC1CC1. The molecule has 1 amide bonds. The minimum absolute atomic E-state index is 0.0566. The van der Waals surface area contributed by atoms with Crippen molar-refractivity contribution in [1.82, 2.24) is 19.6 Å². The molecule has 0 spiro atoms. The van der Waals surface area contributed by atoms with E-state index >= 15 is 0 Å². The Morgan fingerprint density at radius 3 is 2.79 bits per heavy atom. The van der Waals surface area contributed by atoms with Crippen LogP contribution in [-0.2, 0) is 11.8 Å². The predicted octanol–water partition coefficient (Wildman–Crippen LogP) is 1.80. The molecule has 2 aliphatic rings. The molecule has 1 unspecified atom stereocenters. The largest absolute Gasteiger partial charge is 0.322 e. The van der Waals surface area contributed by atoms with Gasteiger partial charge in [0.1, 0.15) is 0 Å². The van der Waals surface area contributed by atoms with Gasteiger partial charge in [-0.25, -0.2) is 0 Å². The van der Waals surface area contributed by atoms with Crippen molar-refractivity contribution in [3.63, 3.8) is 0 Å². The van der Waals surface area contributed by atoms with Gasteiger partial charge in [-0.2, -0.15) is 5.10 Å². The molecule has 134 valence electrons. The predicted molar refractivity (Wildman–Crippen MR) is 95.8 cm³/mol. The Labute approximate surface area is 145 Å². The topological polar surface area (TPSA) is 53.4 Å². The van der Waals surface area contributed by atoms with Crippen LogP contribution in [0, 0.1) is 11.8 Å². The molecule has 1 saturated carbocycles. The van der Waals surface area contributed by atoms with Crippen molar-refractivity contribution in [3.05, 3.63) is 12.4 Å². The molecule has 1 aromatic heterocycles. The Morgan fingerprint density at radius 2 is 2.17 bits per heavy atom. The number of carbonyl (C=O) groups is 1. The highest BCUT2D eigenvalue weighted by Crippen LogP contribution is 2.31. The molecule has 0 bridgehead atoms. The summed E-state index contributed by atoms with van der Waals surface area (Å²) in [6.45, 7) is 9.50. The summed E-state index contributed by atoms with van der Waals surface area (Å²) in [4.78, 5) is 17.3. The van der Waals surface area contributed by atoms with Crippen LogP contribution in [0.5, 0.6) is 0 Å². The normalized spacial score (nSPS) is 23.4. The van der Waals surface area contributed by atoms with Crippen LogP contribution in [0.3, 0.4) is 0 Å². The number of anilines is 1. The average Bonchev–Trinajstić information content (AvgIpc) is 3.27. The first kappa shape index (κ1) is 17.4. The Balaban J connectivity index is 1.55. The number of nitrogens with zero attached hydrogens (tertiary/aromatic N) is 4. The van der Waals surface area contributed by atoms with Crippen molar-refractivity contribution in [2.45, 2.75) is 39.2 Å². The maximum Gasteiger partial charge on any atom is 0.238 e. The maximum atomic E-state index is 12.3. The van der Waals surface area contributed by atoms with E-state index in [1.54, 1.807) is 10.9 Å². The Morgan fingerprint density at radius 1 is 1.38 bits per heavy atom. The molecule has 2 fully saturated rings. The van der Waals surface area contributed by atoms with E-state index in [2.05, 4.69) is 34.1 Å². The van der Waals surface area contributed by atoms with Crippen molar-refractivity contribution in [1.29, 1.82) is 0 Å². The fourth-order valence-corrected chi connectivity index (χ4v) is 3.66. The first-order valence-corrected chi connectivity index (χ1v) is 9.26. The van der Waals surface area contributed by atoms with Crippen molar-refractivity contribution in [2.75, 3.05) is 38.0 Å². The van der Waals surface area contributed by atoms with Crippen molar-refractivity contribution >= 4 is 11.6 Å². The second-order valence-corrected chi connectivity index (χ2v) is 7.79. The van der Waals surface area contributed by atoms with Crippen molar-refractivity contribution in [2.24, 2.45) is 18.9 Å². The van der Waals surface area contributed by atoms with Gasteiger partial charge in [0, 0.05) is 32.4 Å². The monoisotopic (exact) mass is 333 g/mol. The molecule has 1 atom stereocenters. The summed E-state index contributed by atoms with van der Waals surface area (Å²) in [7, 11) is 1.85. The van der Waals surface area contributed by atoms with Crippen LogP contribution >= 0.6 is 0 Å². The van der Waals surface area contributed by atoms with Crippen LogP contribution in [-0.4, -0.2) is 64.3 Å². The summed E-state index contributed by atoms with van der Waals surface area (Å²) in [5.41, 5.74) is 0.771. The maximum absolute atomic E-state index is 12.3. The molecule has 1 N–H and O–H groups in total. The zero-order chi connectivity index (χ0) is 17.1. The number of hydrogen-bond acceptors (Lipinski definition) is 4. The van der Waals surface area contributed by atoms with Gasteiger partial charge in [0.25, 0.3) is 0 Å². The van der Waals surface area contributed by atoms with E-state index in [-0.39, 0.29) is 5.91 Å². The molecule has 3 rings (SSSR count). The van der Waals surface area contributed by atoms with Gasteiger partial charge in [-0.05, 0) is 44.2 Å². The lowest BCUT2D eigenvalue weighted by atomic mass is 10.0. The summed E-state index contributed by atoms with van der Waals surface area (Å²) < 4.78 is 1.70. The number of carbonyl (C=O) groups excluding carboxylic acids is 1. The molecular formula is C18H31N5O. The molecule has 6 heteroatoms. The smallest absolute Gasteiger partial charge is 0.238 e. The molecule has 1 aliphatic carbocycles. The standard InChI is InChI=1S/C18H31N5O/c1-14(2)17-12-22(7-4-8-23(17)10-15-5-6-15)13-18(24)20-16-9-19-21(3)11-16/h9,11,14-15,17H,4-8,10,12-13H2,1-3H3,(H,20,24). The van der Waals surface area contributed by atoms with Crippen LogP contribution in [0.1, 0.15) is 33.1 Å². The second-order valence-electron chi connectivity index (χ2n) is 7.79. The van der Waals surface area contributed by atoms with E-state index in [0.717, 1.165) is 31.1 Å². The average molecular weight is 333 g/mol. The van der Waals surface area contributed by atoms with Crippen LogP contribution in [0.25, 0.3) is 0 Å². The van der Waals surface area contributed by atoms with Gasteiger partial charge in [0.15, 0.2) is 0 Å². The van der Waals surface area contributed by atoms with Gasteiger partial charge in [-0.1, -0.05) is 13.8 Å². The number of aryl methyl sites for hydroxylation is 1. The van der Waals surface area contributed by atoms with E-state index in [9.17, 15) is 4.79 Å². The number of rotatable bonds is 6. The fraction of sp³-hybridized carbons (Fsp3) is 0.778. The molecule has 1 saturated heterocycles. The van der Waals surface area contributed by atoms with Crippen LogP contribution in [0.2, 0.25) is 0 Å². The van der Waals surface area contributed by atoms with Crippen LogP contribution in [0.15, 0.2) is 12.4 Å². The van der Waals surface area contributed by atoms with E-state index in [1.165, 1.54) is 25.9 Å². The molecule has 2 heterocycles. The molecule has 1 aromatic rings. The van der Waals surface area contributed by atoms with Gasteiger partial charge in [-0.15, -0.1) is 0 Å². The Bertz CT molecular complexity index is 551. The molecule has 24 heavy (non-hydrogen) atoms. The molecular weight excluding hydrogens is 302 g/mol. The highest BCUT2D eigenvalue weighted by atomic mass is 16.2. The summed E-state index contributed by atoms with van der Waals surface area (Å²) >= 11 is 0. The Hall–Kier alpha value is -1.40. The summed E-state index contributed by atoms with van der Waals surface area (Å²) in [6.07, 6.45) is 7.47. The molecule has 0 radical (unpaired) electrons. The zero-order valence-corrected chi connectivity index (χ0v) is 15.2. The van der Waals surface area contributed by atoms with Crippen molar-refractivity contribution < 1.29 is 4.79 Å². The summed E-state index contributed by atoms with van der Waals surface area (Å²) in [6, 6.07) is 0.555. The van der Waals surface area contributed by atoms with Crippen LogP contribution < -0.4 is 5.32 Å². The van der Waals surface area contributed by atoms with Crippen LogP contribution in [0.4, 0.5) is 5.69 Å². The highest BCUT2D eigenvalue weighted by molar-refractivity contribution is 5.91. The van der Waals surface area contributed by atoms with Crippen molar-refractivity contribution in [3.8, 4) is 0 Å². The molecule has 1 aliphatic heterocycles. The van der Waals surface area contributed by atoms with Gasteiger partial charge in [0.05, 0.1) is 18.4 Å². The Kier molecular flexibility index (Phi) is 5.56. The third-order valence-electron chi connectivity index (χ3n) is 5.15. The van der Waals surface area contributed by atoms with Gasteiger partial charge in [0.2, 0.25) is 5.91 Å². The minimum Gasteiger partial charge on any atom is -0.322 e. The van der Waals surface area contributed by atoms with E-state index < -0.39 is 0 Å². The zero-order valence-electron chi connectivity index (χ0n) is 15.2. The first-order chi connectivity index (χ1) is 11.5. The molecule has 0 aromatic carbocycles. The summed E-state index contributed by atoms with van der Waals surface area (Å²) in [5, 5.41) is 7.04. The third-order valence-corrected chi connectivity index (χ3v) is 5.15. The third kappa shape index (κ3) is 4.80. The first-order valence-electron chi connectivity index (χ1n) is 9.26. The fourth-order valence-electron chi connectivity index (χ4n) is 3.66. The lowest BCUT2D eigenvalue weighted by Crippen LogP contribution is -2.46. The molecule has 6 nitrogen and oxygen atoms in total. The summed E-state index contributed by atoms with van der Waals surface area (Å²) in [5.74, 6) is 1.60. The second kappa shape index (κ2) is 7.66. The van der Waals surface area contributed by atoms with Gasteiger partial charge >= 0.3 is 0 Å².